The highest BCUT2D eigenvalue weighted by Crippen LogP contribution is 2.21. The van der Waals surface area contributed by atoms with Gasteiger partial charge in [-0.1, -0.05) is 66.7 Å². The summed E-state index contributed by atoms with van der Waals surface area (Å²) < 4.78 is 0. The largest absolute Gasteiger partial charge is 0.314 e. The maximum absolute atomic E-state index is 3.72. The number of rotatable bonds is 11. The molecule has 17 heavy (non-hydrogen) atoms. The normalized spacial score (nSPS) is 15.2. The van der Waals surface area contributed by atoms with Gasteiger partial charge in [-0.25, -0.2) is 0 Å². The summed E-state index contributed by atoms with van der Waals surface area (Å²) in [6.07, 6.45) is 9.61. The molecule has 0 rings (SSSR count). The van der Waals surface area contributed by atoms with Gasteiger partial charge in [0, 0.05) is 6.04 Å². The molecule has 0 aromatic carbocycles. The molecule has 2 unspecified atom stereocenters. The molecule has 0 aromatic rings. The number of hydrogen-bond donors (Lipinski definition) is 1. The SMILES string of the molecule is CCCCC(CC)C(CCCC(C)C)NCC. The van der Waals surface area contributed by atoms with Crippen LogP contribution in [0.4, 0.5) is 0 Å². The molecule has 0 amide bonds. The first-order chi connectivity index (χ1) is 8.15. The predicted molar refractivity (Wildman–Crippen MR) is 79.5 cm³/mol. The molecule has 2 atom stereocenters. The van der Waals surface area contributed by atoms with Crippen LogP contribution in [-0.2, 0) is 0 Å². The van der Waals surface area contributed by atoms with E-state index in [4.69, 9.17) is 0 Å². The molecule has 0 aliphatic carbocycles. The van der Waals surface area contributed by atoms with Gasteiger partial charge in [-0.05, 0) is 31.2 Å². The highest BCUT2D eigenvalue weighted by molar-refractivity contribution is 4.75. The van der Waals surface area contributed by atoms with E-state index in [1.807, 2.05) is 0 Å². The molecule has 0 bridgehead atoms. The molecular weight excluding hydrogens is 206 g/mol. The molecule has 0 radical (unpaired) electrons. The van der Waals surface area contributed by atoms with Gasteiger partial charge in [-0.15, -0.1) is 0 Å². The lowest BCUT2D eigenvalue weighted by atomic mass is 9.87. The van der Waals surface area contributed by atoms with Crippen LogP contribution in [0.5, 0.6) is 0 Å². The Labute approximate surface area is 110 Å². The van der Waals surface area contributed by atoms with E-state index < -0.39 is 0 Å². The average molecular weight is 241 g/mol. The van der Waals surface area contributed by atoms with Gasteiger partial charge >= 0.3 is 0 Å². The molecule has 0 aliphatic rings. The lowest BCUT2D eigenvalue weighted by molar-refractivity contribution is 0.296. The molecule has 0 fully saturated rings. The Morgan fingerprint density at radius 3 is 2.06 bits per heavy atom. The Bertz CT molecular complexity index is 154. The molecule has 104 valence electrons. The second-order valence-electron chi connectivity index (χ2n) is 5.80. The van der Waals surface area contributed by atoms with Crippen LogP contribution in [0, 0.1) is 11.8 Å². The third kappa shape index (κ3) is 8.65. The van der Waals surface area contributed by atoms with Gasteiger partial charge in [-0.3, -0.25) is 0 Å². The van der Waals surface area contributed by atoms with Crippen LogP contribution >= 0.6 is 0 Å². The minimum atomic E-state index is 0.760. The van der Waals surface area contributed by atoms with Crippen molar-refractivity contribution in [3.05, 3.63) is 0 Å². The van der Waals surface area contributed by atoms with Crippen molar-refractivity contribution in [1.82, 2.24) is 5.32 Å². The summed E-state index contributed by atoms with van der Waals surface area (Å²) in [6, 6.07) is 0.760. The zero-order valence-corrected chi connectivity index (χ0v) is 12.9. The molecule has 1 N–H and O–H groups in total. The fraction of sp³-hybridized carbons (Fsp3) is 1.00. The predicted octanol–water partition coefficient (Wildman–Crippen LogP) is 5.01. The molecule has 0 aromatic heterocycles. The zero-order chi connectivity index (χ0) is 13.1. The van der Waals surface area contributed by atoms with Crippen LogP contribution in [0.2, 0.25) is 0 Å². The third-order valence-electron chi connectivity index (χ3n) is 3.78. The standard InChI is InChI=1S/C16H35N/c1-6-9-12-15(7-2)16(17-8-3)13-10-11-14(4)5/h14-17H,6-13H2,1-5H3. The Morgan fingerprint density at radius 2 is 1.59 bits per heavy atom. The first kappa shape index (κ1) is 17.0. The summed E-state index contributed by atoms with van der Waals surface area (Å²) in [5, 5.41) is 3.72. The number of hydrogen-bond acceptors (Lipinski definition) is 1. The van der Waals surface area contributed by atoms with Gasteiger partial charge < -0.3 is 5.32 Å². The van der Waals surface area contributed by atoms with Crippen LogP contribution in [-0.4, -0.2) is 12.6 Å². The van der Waals surface area contributed by atoms with Crippen molar-refractivity contribution in [2.45, 2.75) is 85.6 Å². The average Bonchev–Trinajstić information content (AvgIpc) is 2.29. The Balaban J connectivity index is 4.06. The van der Waals surface area contributed by atoms with Gasteiger partial charge in [0.1, 0.15) is 0 Å². The minimum absolute atomic E-state index is 0.760. The van der Waals surface area contributed by atoms with Crippen LogP contribution in [0.15, 0.2) is 0 Å². The molecule has 0 saturated heterocycles. The summed E-state index contributed by atoms with van der Waals surface area (Å²) >= 11 is 0. The van der Waals surface area contributed by atoms with E-state index in [1.165, 1.54) is 44.9 Å². The van der Waals surface area contributed by atoms with E-state index in [9.17, 15) is 0 Å². The van der Waals surface area contributed by atoms with E-state index in [1.54, 1.807) is 0 Å². The fourth-order valence-corrected chi connectivity index (χ4v) is 2.67. The molecule has 1 heteroatoms. The quantitative estimate of drug-likeness (QED) is 0.536. The van der Waals surface area contributed by atoms with Crippen molar-refractivity contribution in [3.63, 3.8) is 0 Å². The van der Waals surface area contributed by atoms with Crippen molar-refractivity contribution in [2.24, 2.45) is 11.8 Å². The third-order valence-corrected chi connectivity index (χ3v) is 3.78. The highest BCUT2D eigenvalue weighted by atomic mass is 14.9. The zero-order valence-electron chi connectivity index (χ0n) is 12.9. The molecular formula is C16H35N. The van der Waals surface area contributed by atoms with E-state index in [0.29, 0.717) is 0 Å². The van der Waals surface area contributed by atoms with Gasteiger partial charge in [0.05, 0.1) is 0 Å². The second-order valence-corrected chi connectivity index (χ2v) is 5.80. The lowest BCUT2D eigenvalue weighted by Crippen LogP contribution is -2.36. The maximum Gasteiger partial charge on any atom is 0.00951 e. The van der Waals surface area contributed by atoms with Gasteiger partial charge in [-0.2, -0.15) is 0 Å². The van der Waals surface area contributed by atoms with Crippen molar-refractivity contribution in [2.75, 3.05) is 6.54 Å². The topological polar surface area (TPSA) is 12.0 Å². The summed E-state index contributed by atoms with van der Waals surface area (Å²) in [4.78, 5) is 0. The summed E-state index contributed by atoms with van der Waals surface area (Å²) in [5.41, 5.74) is 0. The second kappa shape index (κ2) is 11.1. The number of unbranched alkanes of at least 4 members (excludes halogenated alkanes) is 1. The Kier molecular flexibility index (Phi) is 11.0. The molecule has 1 nitrogen and oxygen atoms in total. The Hall–Kier alpha value is -0.0400. The van der Waals surface area contributed by atoms with Crippen LogP contribution in [0.25, 0.3) is 0 Å². The van der Waals surface area contributed by atoms with Crippen LogP contribution < -0.4 is 5.32 Å². The first-order valence-corrected chi connectivity index (χ1v) is 7.88. The van der Waals surface area contributed by atoms with Gasteiger partial charge in [0.25, 0.3) is 0 Å². The minimum Gasteiger partial charge on any atom is -0.314 e. The van der Waals surface area contributed by atoms with E-state index in [2.05, 4.69) is 39.9 Å². The van der Waals surface area contributed by atoms with Crippen LogP contribution in [0.3, 0.4) is 0 Å². The van der Waals surface area contributed by atoms with Gasteiger partial charge in [0.15, 0.2) is 0 Å². The molecule has 0 saturated carbocycles. The molecule has 0 heterocycles. The smallest absolute Gasteiger partial charge is 0.00951 e. The van der Waals surface area contributed by atoms with Crippen molar-refractivity contribution >= 4 is 0 Å². The summed E-state index contributed by atoms with van der Waals surface area (Å²) in [7, 11) is 0. The molecule has 0 spiro atoms. The fourth-order valence-electron chi connectivity index (χ4n) is 2.67. The van der Waals surface area contributed by atoms with Crippen molar-refractivity contribution < 1.29 is 0 Å². The highest BCUT2D eigenvalue weighted by Gasteiger charge is 2.18. The lowest BCUT2D eigenvalue weighted by Gasteiger charge is -2.27. The summed E-state index contributed by atoms with van der Waals surface area (Å²) in [6.45, 7) is 12.7. The van der Waals surface area contributed by atoms with Crippen molar-refractivity contribution in [1.29, 1.82) is 0 Å². The monoisotopic (exact) mass is 241 g/mol. The Morgan fingerprint density at radius 1 is 0.882 bits per heavy atom. The number of nitrogens with one attached hydrogen (secondary N) is 1. The van der Waals surface area contributed by atoms with E-state index >= 15 is 0 Å². The summed E-state index contributed by atoms with van der Waals surface area (Å²) in [5.74, 6) is 1.75. The van der Waals surface area contributed by atoms with Crippen LogP contribution in [0.1, 0.15) is 79.6 Å². The van der Waals surface area contributed by atoms with Gasteiger partial charge in [0.2, 0.25) is 0 Å². The maximum atomic E-state index is 3.72. The van der Waals surface area contributed by atoms with Crippen molar-refractivity contribution in [3.8, 4) is 0 Å². The molecule has 0 aliphatic heterocycles. The first-order valence-electron chi connectivity index (χ1n) is 7.88. The van der Waals surface area contributed by atoms with E-state index in [-0.39, 0.29) is 0 Å². The van der Waals surface area contributed by atoms with E-state index in [0.717, 1.165) is 24.4 Å².